The summed E-state index contributed by atoms with van der Waals surface area (Å²) < 4.78 is 7.08. The molecule has 0 aliphatic carbocycles. The third kappa shape index (κ3) is 2.59. The number of hydrogen-bond acceptors (Lipinski definition) is 7. The molecule has 4 aromatic rings. The molecule has 1 aromatic carbocycles. The first kappa shape index (κ1) is 15.0. The number of benzene rings is 1. The van der Waals surface area contributed by atoms with Crippen LogP contribution in [0.2, 0.25) is 0 Å². The maximum absolute atomic E-state index is 9.51. The number of aryl methyl sites for hydroxylation is 1. The molecule has 0 aliphatic heterocycles. The number of rotatable bonds is 4. The van der Waals surface area contributed by atoms with Gasteiger partial charge in [0.05, 0.1) is 23.0 Å². The standard InChI is InChI=1S/C16H15N5O2S/c1-9-5-6-24-14(9)15-17-16(23-19-15)11-3-4-13-12(7-11)18-20-21(13)8-10(2)22/h3-7,10,22H,8H2,1-2H3. The number of fused-ring (bicyclic) bond motifs is 1. The van der Waals surface area contributed by atoms with Crippen LogP contribution in [0.4, 0.5) is 0 Å². The Hall–Kier alpha value is -2.58. The molecular formula is C16H15N5O2S. The lowest BCUT2D eigenvalue weighted by Gasteiger charge is -2.04. The van der Waals surface area contributed by atoms with Crippen LogP contribution >= 0.6 is 11.3 Å². The predicted molar refractivity (Wildman–Crippen MR) is 90.6 cm³/mol. The Balaban J connectivity index is 1.70. The summed E-state index contributed by atoms with van der Waals surface area (Å²) in [6, 6.07) is 7.68. The van der Waals surface area contributed by atoms with Gasteiger partial charge in [-0.1, -0.05) is 10.4 Å². The molecule has 0 spiro atoms. The molecule has 3 heterocycles. The Bertz CT molecular complexity index is 1000. The van der Waals surface area contributed by atoms with Crippen LogP contribution in [-0.2, 0) is 6.54 Å². The highest BCUT2D eigenvalue weighted by molar-refractivity contribution is 7.13. The molecule has 1 N–H and O–H groups in total. The topological polar surface area (TPSA) is 89.9 Å². The van der Waals surface area contributed by atoms with Crippen molar-refractivity contribution in [1.29, 1.82) is 0 Å². The molecule has 122 valence electrons. The Labute approximate surface area is 141 Å². The van der Waals surface area contributed by atoms with Crippen LogP contribution in [0.25, 0.3) is 33.2 Å². The van der Waals surface area contributed by atoms with Crippen molar-refractivity contribution in [3.8, 4) is 22.2 Å². The Kier molecular flexibility index (Phi) is 3.62. The van der Waals surface area contributed by atoms with Crippen molar-refractivity contribution in [1.82, 2.24) is 25.1 Å². The van der Waals surface area contributed by atoms with E-state index >= 15 is 0 Å². The maximum atomic E-state index is 9.51. The zero-order valence-corrected chi connectivity index (χ0v) is 14.0. The van der Waals surface area contributed by atoms with Gasteiger partial charge >= 0.3 is 0 Å². The average molecular weight is 341 g/mol. The lowest BCUT2D eigenvalue weighted by Crippen LogP contribution is -2.12. The van der Waals surface area contributed by atoms with Crippen molar-refractivity contribution in [3.05, 3.63) is 35.2 Å². The largest absolute Gasteiger partial charge is 0.391 e. The van der Waals surface area contributed by atoms with E-state index in [-0.39, 0.29) is 0 Å². The molecule has 0 bridgehead atoms. The number of aromatic nitrogens is 5. The van der Waals surface area contributed by atoms with E-state index < -0.39 is 6.10 Å². The Morgan fingerprint density at radius 1 is 1.33 bits per heavy atom. The van der Waals surface area contributed by atoms with Crippen LogP contribution in [0.1, 0.15) is 12.5 Å². The predicted octanol–water partition coefficient (Wildman–Crippen LogP) is 2.90. The van der Waals surface area contributed by atoms with Gasteiger partial charge in [-0.2, -0.15) is 4.98 Å². The quantitative estimate of drug-likeness (QED) is 0.614. The second-order valence-corrected chi connectivity index (χ2v) is 6.60. The summed E-state index contributed by atoms with van der Waals surface area (Å²) in [7, 11) is 0. The van der Waals surface area contributed by atoms with Crippen molar-refractivity contribution in [2.45, 2.75) is 26.5 Å². The molecule has 0 saturated heterocycles. The van der Waals surface area contributed by atoms with Gasteiger partial charge in [-0.15, -0.1) is 16.4 Å². The molecule has 0 saturated carbocycles. The third-order valence-electron chi connectivity index (χ3n) is 3.69. The minimum absolute atomic E-state index is 0.401. The summed E-state index contributed by atoms with van der Waals surface area (Å²) in [5.74, 6) is 1.04. The molecule has 3 aromatic heterocycles. The molecule has 4 rings (SSSR count). The summed E-state index contributed by atoms with van der Waals surface area (Å²) in [5.41, 5.74) is 3.50. The van der Waals surface area contributed by atoms with Gasteiger partial charge in [-0.3, -0.25) is 0 Å². The van der Waals surface area contributed by atoms with E-state index in [1.807, 2.05) is 36.6 Å². The summed E-state index contributed by atoms with van der Waals surface area (Å²) in [5, 5.41) is 23.8. The summed E-state index contributed by atoms with van der Waals surface area (Å²) >= 11 is 1.59. The van der Waals surface area contributed by atoms with Gasteiger partial charge in [0.15, 0.2) is 0 Å². The van der Waals surface area contributed by atoms with Gasteiger partial charge in [0.2, 0.25) is 5.82 Å². The van der Waals surface area contributed by atoms with Crippen molar-refractivity contribution in [2.75, 3.05) is 0 Å². The van der Waals surface area contributed by atoms with E-state index in [2.05, 4.69) is 20.5 Å². The van der Waals surface area contributed by atoms with Crippen LogP contribution in [0, 0.1) is 6.92 Å². The fourth-order valence-electron chi connectivity index (χ4n) is 2.53. The first-order valence-corrected chi connectivity index (χ1v) is 8.39. The first-order chi connectivity index (χ1) is 11.6. The number of thiophene rings is 1. The van der Waals surface area contributed by atoms with Crippen LogP contribution in [0.15, 0.2) is 34.2 Å². The zero-order valence-electron chi connectivity index (χ0n) is 13.2. The van der Waals surface area contributed by atoms with Crippen LogP contribution in [-0.4, -0.2) is 36.3 Å². The highest BCUT2D eigenvalue weighted by Crippen LogP contribution is 2.29. The molecular weight excluding hydrogens is 326 g/mol. The second-order valence-electron chi connectivity index (χ2n) is 5.68. The van der Waals surface area contributed by atoms with Gasteiger partial charge in [0.25, 0.3) is 5.89 Å². The van der Waals surface area contributed by atoms with E-state index in [0.717, 1.165) is 27.0 Å². The van der Waals surface area contributed by atoms with Crippen LogP contribution in [0.5, 0.6) is 0 Å². The molecule has 24 heavy (non-hydrogen) atoms. The fraction of sp³-hybridized carbons (Fsp3) is 0.250. The molecule has 7 nitrogen and oxygen atoms in total. The Morgan fingerprint density at radius 2 is 2.21 bits per heavy atom. The van der Waals surface area contributed by atoms with Crippen LogP contribution < -0.4 is 0 Å². The van der Waals surface area contributed by atoms with E-state index in [1.54, 1.807) is 22.9 Å². The van der Waals surface area contributed by atoms with Gasteiger partial charge in [-0.05, 0) is 49.1 Å². The lowest BCUT2D eigenvalue weighted by molar-refractivity contribution is 0.169. The van der Waals surface area contributed by atoms with Gasteiger partial charge < -0.3 is 9.63 Å². The van der Waals surface area contributed by atoms with E-state index in [1.165, 1.54) is 0 Å². The Morgan fingerprint density at radius 3 is 2.96 bits per heavy atom. The molecule has 0 radical (unpaired) electrons. The number of nitrogens with zero attached hydrogens (tertiary/aromatic N) is 5. The average Bonchev–Trinajstić information content (AvgIpc) is 3.26. The minimum atomic E-state index is -0.484. The van der Waals surface area contributed by atoms with E-state index in [9.17, 15) is 5.11 Å². The maximum Gasteiger partial charge on any atom is 0.258 e. The second kappa shape index (κ2) is 5.81. The molecule has 0 fully saturated rings. The first-order valence-electron chi connectivity index (χ1n) is 7.51. The summed E-state index contributed by atoms with van der Waals surface area (Å²) in [6.45, 7) is 4.14. The summed E-state index contributed by atoms with van der Waals surface area (Å²) in [4.78, 5) is 5.49. The molecule has 0 amide bonds. The number of aliphatic hydroxyl groups is 1. The molecule has 8 heteroatoms. The van der Waals surface area contributed by atoms with Crippen molar-refractivity contribution in [2.24, 2.45) is 0 Å². The normalized spacial score (nSPS) is 12.8. The molecule has 1 atom stereocenters. The highest BCUT2D eigenvalue weighted by Gasteiger charge is 2.15. The number of hydrogen-bond donors (Lipinski definition) is 1. The smallest absolute Gasteiger partial charge is 0.258 e. The fourth-order valence-corrected chi connectivity index (χ4v) is 3.38. The summed E-state index contributed by atoms with van der Waals surface area (Å²) in [6.07, 6.45) is -0.484. The van der Waals surface area contributed by atoms with E-state index in [0.29, 0.717) is 18.3 Å². The monoisotopic (exact) mass is 341 g/mol. The van der Waals surface area contributed by atoms with Gasteiger partial charge in [-0.25, -0.2) is 4.68 Å². The van der Waals surface area contributed by atoms with Crippen LogP contribution in [0.3, 0.4) is 0 Å². The van der Waals surface area contributed by atoms with Crippen molar-refractivity contribution < 1.29 is 9.63 Å². The van der Waals surface area contributed by atoms with Gasteiger partial charge in [0.1, 0.15) is 5.52 Å². The SMILES string of the molecule is Cc1ccsc1-c1noc(-c2ccc3c(c2)nnn3CC(C)O)n1. The lowest BCUT2D eigenvalue weighted by atomic mass is 10.2. The number of aliphatic hydroxyl groups excluding tert-OH is 1. The third-order valence-corrected chi connectivity index (χ3v) is 4.70. The molecule has 1 unspecified atom stereocenters. The van der Waals surface area contributed by atoms with E-state index in [4.69, 9.17) is 4.52 Å². The van der Waals surface area contributed by atoms with Crippen molar-refractivity contribution >= 4 is 22.4 Å². The zero-order chi connectivity index (χ0) is 16.7. The van der Waals surface area contributed by atoms with Crippen molar-refractivity contribution in [3.63, 3.8) is 0 Å². The van der Waals surface area contributed by atoms with Gasteiger partial charge in [0, 0.05) is 5.56 Å². The highest BCUT2D eigenvalue weighted by atomic mass is 32.1. The minimum Gasteiger partial charge on any atom is -0.391 e. The molecule has 0 aliphatic rings.